The largest absolute Gasteiger partial charge is 0.493 e. The molecule has 0 bridgehead atoms. The predicted octanol–water partition coefficient (Wildman–Crippen LogP) is 4.70. The van der Waals surface area contributed by atoms with E-state index in [1.54, 1.807) is 7.11 Å². The van der Waals surface area contributed by atoms with Crippen molar-refractivity contribution in [3.05, 3.63) is 59.7 Å². The van der Waals surface area contributed by atoms with Gasteiger partial charge in [0.1, 0.15) is 6.61 Å². The molecule has 1 aliphatic carbocycles. The first kappa shape index (κ1) is 16.8. The van der Waals surface area contributed by atoms with Crippen molar-refractivity contribution in [1.82, 2.24) is 5.32 Å². The molecule has 0 radical (unpaired) electrons. The molecule has 2 aromatic rings. The second-order valence-corrected chi connectivity index (χ2v) is 6.48. The molecule has 2 aromatic carbocycles. The Labute approximate surface area is 145 Å². The Bertz CT molecular complexity index is 621. The number of hydrogen-bond acceptors (Lipinski definition) is 3. The molecule has 0 heterocycles. The maximum absolute atomic E-state index is 5.92. The molecular weight excluding hydrogens is 298 g/mol. The monoisotopic (exact) mass is 325 g/mol. The smallest absolute Gasteiger partial charge is 0.161 e. The van der Waals surface area contributed by atoms with Crippen LogP contribution in [-0.4, -0.2) is 13.2 Å². The summed E-state index contributed by atoms with van der Waals surface area (Å²) >= 11 is 0. The normalized spacial score (nSPS) is 15.2. The van der Waals surface area contributed by atoms with Crippen LogP contribution in [0.1, 0.15) is 43.2 Å². The number of methoxy groups -OCH3 is 1. The quantitative estimate of drug-likeness (QED) is 0.800. The molecule has 0 aliphatic heterocycles. The van der Waals surface area contributed by atoms with Crippen LogP contribution in [0.2, 0.25) is 0 Å². The van der Waals surface area contributed by atoms with Gasteiger partial charge >= 0.3 is 0 Å². The number of benzene rings is 2. The van der Waals surface area contributed by atoms with E-state index in [-0.39, 0.29) is 0 Å². The second kappa shape index (κ2) is 8.74. The summed E-state index contributed by atoms with van der Waals surface area (Å²) in [4.78, 5) is 0. The Morgan fingerprint density at radius 2 is 1.71 bits per heavy atom. The molecule has 1 N–H and O–H groups in total. The maximum Gasteiger partial charge on any atom is 0.161 e. The molecule has 3 rings (SSSR count). The Hall–Kier alpha value is -2.00. The maximum atomic E-state index is 5.92. The number of ether oxygens (including phenoxy) is 2. The third-order valence-corrected chi connectivity index (χ3v) is 4.67. The van der Waals surface area contributed by atoms with Crippen molar-refractivity contribution in [2.75, 3.05) is 7.11 Å². The molecule has 0 aromatic heterocycles. The average molecular weight is 325 g/mol. The standard InChI is InChI=1S/C21H27NO2/c1-23-21-14-18(15-22-19-10-6-3-7-11-19)12-13-20(21)24-16-17-8-4-2-5-9-17/h2,4-5,8-9,12-14,19,22H,3,6-7,10-11,15-16H2,1H3. The van der Waals surface area contributed by atoms with Crippen LogP contribution in [0.15, 0.2) is 48.5 Å². The van der Waals surface area contributed by atoms with E-state index in [9.17, 15) is 0 Å². The van der Waals surface area contributed by atoms with Crippen LogP contribution >= 0.6 is 0 Å². The van der Waals surface area contributed by atoms with Crippen molar-refractivity contribution in [3.8, 4) is 11.5 Å². The van der Waals surface area contributed by atoms with E-state index in [4.69, 9.17) is 9.47 Å². The van der Waals surface area contributed by atoms with Gasteiger partial charge in [-0.1, -0.05) is 55.7 Å². The van der Waals surface area contributed by atoms with Gasteiger partial charge in [0, 0.05) is 12.6 Å². The van der Waals surface area contributed by atoms with Gasteiger partial charge in [-0.25, -0.2) is 0 Å². The van der Waals surface area contributed by atoms with Crippen molar-refractivity contribution < 1.29 is 9.47 Å². The zero-order valence-electron chi connectivity index (χ0n) is 14.5. The number of nitrogens with one attached hydrogen (secondary N) is 1. The van der Waals surface area contributed by atoms with E-state index in [1.807, 2.05) is 24.3 Å². The van der Waals surface area contributed by atoms with E-state index < -0.39 is 0 Å². The lowest BCUT2D eigenvalue weighted by atomic mass is 9.95. The molecule has 0 spiro atoms. The first-order valence-corrected chi connectivity index (χ1v) is 8.92. The molecule has 0 atom stereocenters. The lowest BCUT2D eigenvalue weighted by molar-refractivity contribution is 0.284. The molecule has 0 amide bonds. The van der Waals surface area contributed by atoms with Gasteiger partial charge in [0.15, 0.2) is 11.5 Å². The van der Waals surface area contributed by atoms with Crippen LogP contribution in [0.3, 0.4) is 0 Å². The lowest BCUT2D eigenvalue weighted by Gasteiger charge is -2.23. The Morgan fingerprint density at radius 3 is 2.46 bits per heavy atom. The highest BCUT2D eigenvalue weighted by molar-refractivity contribution is 5.43. The van der Waals surface area contributed by atoms with Crippen LogP contribution in [0.25, 0.3) is 0 Å². The minimum atomic E-state index is 0.552. The first-order chi connectivity index (χ1) is 11.8. The Kier molecular flexibility index (Phi) is 6.13. The Balaban J connectivity index is 1.57. The van der Waals surface area contributed by atoms with E-state index in [1.165, 1.54) is 37.7 Å². The molecule has 1 aliphatic rings. The SMILES string of the molecule is COc1cc(CNC2CCCCC2)ccc1OCc1ccccc1. The summed E-state index contributed by atoms with van der Waals surface area (Å²) in [6.45, 7) is 1.44. The summed E-state index contributed by atoms with van der Waals surface area (Å²) in [6.07, 6.45) is 6.70. The molecule has 24 heavy (non-hydrogen) atoms. The van der Waals surface area contributed by atoms with E-state index in [0.717, 1.165) is 23.6 Å². The zero-order chi connectivity index (χ0) is 16.6. The fraction of sp³-hybridized carbons (Fsp3) is 0.429. The first-order valence-electron chi connectivity index (χ1n) is 8.92. The van der Waals surface area contributed by atoms with Gasteiger partial charge in [0.25, 0.3) is 0 Å². The lowest BCUT2D eigenvalue weighted by Crippen LogP contribution is -2.30. The highest BCUT2D eigenvalue weighted by atomic mass is 16.5. The highest BCUT2D eigenvalue weighted by Gasteiger charge is 2.13. The summed E-state index contributed by atoms with van der Waals surface area (Å²) in [7, 11) is 1.70. The van der Waals surface area contributed by atoms with Crippen molar-refractivity contribution in [2.45, 2.75) is 51.3 Å². The van der Waals surface area contributed by atoms with E-state index >= 15 is 0 Å². The van der Waals surface area contributed by atoms with Crippen LogP contribution in [-0.2, 0) is 13.2 Å². The van der Waals surface area contributed by atoms with E-state index in [2.05, 4.69) is 29.6 Å². The van der Waals surface area contributed by atoms with Crippen molar-refractivity contribution in [2.24, 2.45) is 0 Å². The van der Waals surface area contributed by atoms with Crippen molar-refractivity contribution >= 4 is 0 Å². The van der Waals surface area contributed by atoms with Crippen molar-refractivity contribution in [1.29, 1.82) is 0 Å². The summed E-state index contributed by atoms with van der Waals surface area (Å²) in [5.41, 5.74) is 2.40. The molecule has 1 saturated carbocycles. The molecular formula is C21H27NO2. The average Bonchev–Trinajstić information content (AvgIpc) is 2.66. The van der Waals surface area contributed by atoms with Gasteiger partial charge in [-0.2, -0.15) is 0 Å². The summed E-state index contributed by atoms with van der Waals surface area (Å²) < 4.78 is 11.4. The van der Waals surface area contributed by atoms with Gasteiger partial charge in [-0.05, 0) is 36.1 Å². The minimum Gasteiger partial charge on any atom is -0.493 e. The fourth-order valence-corrected chi connectivity index (χ4v) is 3.25. The van der Waals surface area contributed by atoms with Crippen molar-refractivity contribution in [3.63, 3.8) is 0 Å². The molecule has 3 nitrogen and oxygen atoms in total. The third-order valence-electron chi connectivity index (χ3n) is 4.67. The highest BCUT2D eigenvalue weighted by Crippen LogP contribution is 2.29. The topological polar surface area (TPSA) is 30.5 Å². The van der Waals surface area contributed by atoms with Gasteiger partial charge < -0.3 is 14.8 Å². The number of hydrogen-bond donors (Lipinski definition) is 1. The predicted molar refractivity (Wildman–Crippen MR) is 97.5 cm³/mol. The zero-order valence-corrected chi connectivity index (χ0v) is 14.5. The number of rotatable bonds is 7. The molecule has 0 unspecified atom stereocenters. The molecule has 1 fully saturated rings. The van der Waals surface area contributed by atoms with Gasteiger partial charge in [-0.15, -0.1) is 0 Å². The van der Waals surface area contributed by atoms with Gasteiger partial charge in [-0.3, -0.25) is 0 Å². The molecule has 3 heteroatoms. The van der Waals surface area contributed by atoms with E-state index in [0.29, 0.717) is 12.6 Å². The van der Waals surface area contributed by atoms with Crippen LogP contribution in [0.5, 0.6) is 11.5 Å². The minimum absolute atomic E-state index is 0.552. The Morgan fingerprint density at radius 1 is 0.917 bits per heavy atom. The molecule has 0 saturated heterocycles. The van der Waals surface area contributed by atoms with Crippen LogP contribution in [0, 0.1) is 0 Å². The van der Waals surface area contributed by atoms with Crippen LogP contribution < -0.4 is 14.8 Å². The van der Waals surface area contributed by atoms with Gasteiger partial charge in [0.05, 0.1) is 7.11 Å². The summed E-state index contributed by atoms with van der Waals surface area (Å²) in [5, 5.41) is 3.67. The fourth-order valence-electron chi connectivity index (χ4n) is 3.25. The summed E-state index contributed by atoms with van der Waals surface area (Å²) in [5.74, 6) is 1.59. The van der Waals surface area contributed by atoms with Gasteiger partial charge in [0.2, 0.25) is 0 Å². The van der Waals surface area contributed by atoms with Crippen LogP contribution in [0.4, 0.5) is 0 Å². The third kappa shape index (κ3) is 4.75. The molecule has 128 valence electrons. The summed E-state index contributed by atoms with van der Waals surface area (Å²) in [6, 6.07) is 17.1. The second-order valence-electron chi connectivity index (χ2n) is 6.48.